The van der Waals surface area contributed by atoms with Gasteiger partial charge in [-0.2, -0.15) is 13.2 Å². The van der Waals surface area contributed by atoms with E-state index in [9.17, 15) is 22.4 Å². The number of nitrogens with zero attached hydrogens (tertiary/aromatic N) is 3. The largest absolute Gasteiger partial charge is 0.465 e. The van der Waals surface area contributed by atoms with E-state index in [1.54, 1.807) is 12.1 Å². The highest BCUT2D eigenvalue weighted by molar-refractivity contribution is 7.22. The zero-order valence-corrected chi connectivity index (χ0v) is 23.5. The van der Waals surface area contributed by atoms with E-state index >= 15 is 0 Å². The Kier molecular flexibility index (Phi) is 6.73. The summed E-state index contributed by atoms with van der Waals surface area (Å²) in [6, 6.07) is 8.81. The normalized spacial score (nSPS) is 22.2. The number of alkyl halides is 3. The van der Waals surface area contributed by atoms with Crippen molar-refractivity contribution in [1.29, 1.82) is 0 Å². The first-order valence-electron chi connectivity index (χ1n) is 14.1. The molecule has 220 valence electrons. The molecule has 2 unspecified atom stereocenters. The number of aromatic nitrogens is 2. The summed E-state index contributed by atoms with van der Waals surface area (Å²) in [4.78, 5) is 18.8. The van der Waals surface area contributed by atoms with Gasteiger partial charge in [0.15, 0.2) is 10.9 Å². The van der Waals surface area contributed by atoms with E-state index < -0.39 is 23.5 Å². The Morgan fingerprint density at radius 2 is 1.88 bits per heavy atom. The van der Waals surface area contributed by atoms with Gasteiger partial charge in [0.25, 0.3) is 0 Å². The van der Waals surface area contributed by atoms with E-state index in [-0.39, 0.29) is 46.4 Å². The van der Waals surface area contributed by atoms with Crippen molar-refractivity contribution >= 4 is 32.7 Å². The van der Waals surface area contributed by atoms with Gasteiger partial charge in [0.1, 0.15) is 17.0 Å². The second-order valence-corrected chi connectivity index (χ2v) is 12.3. The molecule has 12 heteroatoms. The van der Waals surface area contributed by atoms with Gasteiger partial charge in [0, 0.05) is 41.7 Å². The number of hydrogen-bond donors (Lipinski definition) is 1. The average Bonchev–Trinajstić information content (AvgIpc) is 3.48. The summed E-state index contributed by atoms with van der Waals surface area (Å²) < 4.78 is 67.3. The predicted molar refractivity (Wildman–Crippen MR) is 149 cm³/mol. The number of ether oxygens (including phenoxy) is 1. The topological polar surface area (TPSA) is 80.5 Å². The Morgan fingerprint density at radius 3 is 2.57 bits per heavy atom. The predicted octanol–water partition coefficient (Wildman–Crippen LogP) is 7.06. The molecule has 2 atom stereocenters. The average molecular weight is 601 g/mol. The summed E-state index contributed by atoms with van der Waals surface area (Å²) in [6.07, 6.45) is 0.959. The molecule has 4 heterocycles. The molecule has 2 aromatic heterocycles. The van der Waals surface area contributed by atoms with Gasteiger partial charge in [-0.25, -0.2) is 14.2 Å². The zero-order valence-electron chi connectivity index (χ0n) is 22.7. The Balaban J connectivity index is 1.11. The van der Waals surface area contributed by atoms with Crippen molar-refractivity contribution in [2.24, 2.45) is 0 Å². The number of carbonyl (C=O) groups is 1. The molecule has 3 aliphatic rings. The monoisotopic (exact) mass is 600 g/mol. The van der Waals surface area contributed by atoms with Crippen molar-refractivity contribution < 1.29 is 31.6 Å². The van der Waals surface area contributed by atoms with Gasteiger partial charge in [-0.3, -0.25) is 0 Å². The second-order valence-electron chi connectivity index (χ2n) is 11.3. The fraction of sp³-hybridized carbons (Fsp3) is 0.433. The van der Waals surface area contributed by atoms with E-state index in [0.717, 1.165) is 55.8 Å². The smallest absolute Gasteiger partial charge is 0.417 e. The third-order valence-corrected chi connectivity index (χ3v) is 9.65. The Hall–Kier alpha value is -3.51. The van der Waals surface area contributed by atoms with Gasteiger partial charge < -0.3 is 19.5 Å². The third kappa shape index (κ3) is 4.84. The van der Waals surface area contributed by atoms with Gasteiger partial charge in [0.05, 0.1) is 22.9 Å². The molecular weight excluding hydrogens is 572 g/mol. The van der Waals surface area contributed by atoms with Crippen LogP contribution in [0.25, 0.3) is 21.5 Å². The van der Waals surface area contributed by atoms with Crippen LogP contribution in [0, 0.1) is 5.82 Å². The number of nitrogens with one attached hydrogen (secondary N) is 1. The van der Waals surface area contributed by atoms with E-state index in [1.807, 2.05) is 0 Å². The van der Waals surface area contributed by atoms with Crippen LogP contribution in [-0.4, -0.2) is 41.3 Å². The van der Waals surface area contributed by atoms with Crippen LogP contribution in [0.2, 0.25) is 0 Å². The quantitative estimate of drug-likeness (QED) is 0.180. The van der Waals surface area contributed by atoms with Crippen LogP contribution in [0.4, 0.5) is 22.7 Å². The van der Waals surface area contributed by atoms with Gasteiger partial charge in [0.2, 0.25) is 0 Å². The summed E-state index contributed by atoms with van der Waals surface area (Å²) in [5.41, 5.74) is 0.659. The lowest BCUT2D eigenvalue weighted by Gasteiger charge is -2.39. The molecule has 3 fully saturated rings. The van der Waals surface area contributed by atoms with Crippen molar-refractivity contribution in [2.75, 3.05) is 12.0 Å². The molecule has 1 N–H and O–H groups in total. The molecule has 2 aromatic carbocycles. The van der Waals surface area contributed by atoms with Crippen molar-refractivity contribution in [1.82, 2.24) is 15.5 Å². The molecule has 2 bridgehead atoms. The number of thiazole rings is 1. The summed E-state index contributed by atoms with van der Waals surface area (Å²) in [5, 5.41) is 8.49. The molecule has 1 saturated carbocycles. The lowest BCUT2D eigenvalue weighted by Crippen LogP contribution is -2.49. The van der Waals surface area contributed by atoms with Crippen molar-refractivity contribution in [3.8, 4) is 11.3 Å². The van der Waals surface area contributed by atoms with E-state index in [2.05, 4.69) is 20.4 Å². The van der Waals surface area contributed by atoms with Crippen LogP contribution in [-0.2, 0) is 17.5 Å². The van der Waals surface area contributed by atoms with Crippen LogP contribution in [0.1, 0.15) is 71.7 Å². The minimum Gasteiger partial charge on any atom is -0.465 e. The molecule has 42 heavy (non-hydrogen) atoms. The number of halogens is 4. The number of piperidine rings is 1. The summed E-state index contributed by atoms with van der Waals surface area (Å²) in [6.45, 7) is 0.365. The maximum Gasteiger partial charge on any atom is 0.417 e. The Morgan fingerprint density at radius 1 is 1.14 bits per heavy atom. The number of esters is 1. The highest BCUT2D eigenvalue weighted by Crippen LogP contribution is 2.46. The van der Waals surface area contributed by atoms with E-state index in [0.29, 0.717) is 22.6 Å². The molecular formula is C30H28F4N4O3S. The van der Waals surface area contributed by atoms with Gasteiger partial charge >= 0.3 is 12.1 Å². The number of fused-ring (bicyclic) bond motifs is 3. The number of methoxy groups -OCH3 is 1. The maximum absolute atomic E-state index is 14.8. The number of carbonyl (C=O) groups excluding carboxylic acids is 1. The number of hydrogen-bond acceptors (Lipinski definition) is 8. The minimum atomic E-state index is -4.50. The first kappa shape index (κ1) is 27.3. The Bertz CT molecular complexity index is 1650. The highest BCUT2D eigenvalue weighted by atomic mass is 32.1. The maximum atomic E-state index is 14.8. The third-order valence-electron chi connectivity index (χ3n) is 8.63. The molecule has 7 rings (SSSR count). The molecule has 0 amide bonds. The summed E-state index contributed by atoms with van der Waals surface area (Å²) >= 11 is 1.37. The van der Waals surface area contributed by atoms with Crippen molar-refractivity contribution in [3.63, 3.8) is 0 Å². The molecule has 4 aromatic rings. The number of rotatable bonds is 7. The molecule has 0 radical (unpaired) electrons. The van der Waals surface area contributed by atoms with E-state index in [1.165, 1.54) is 30.6 Å². The zero-order chi connectivity index (χ0) is 29.2. The molecule has 7 nitrogen and oxygen atoms in total. The molecule has 2 saturated heterocycles. The van der Waals surface area contributed by atoms with Crippen molar-refractivity contribution in [3.05, 3.63) is 64.7 Å². The minimum absolute atomic E-state index is 0.0331. The SMILES string of the molecule is COC(=O)c1cc(F)c2nc(N3C4CCC3CC(NCc3c(-c5ccccc5C(F)(F)F)noc3C3CC3)C4)sc2c1. The van der Waals surface area contributed by atoms with Gasteiger partial charge in [-0.1, -0.05) is 34.7 Å². The molecule has 1 aliphatic carbocycles. The number of anilines is 1. The van der Waals surface area contributed by atoms with E-state index in [4.69, 9.17) is 9.26 Å². The fourth-order valence-corrected chi connectivity index (χ4v) is 7.70. The summed E-state index contributed by atoms with van der Waals surface area (Å²) in [7, 11) is 1.26. The number of benzene rings is 2. The first-order chi connectivity index (χ1) is 20.2. The van der Waals surface area contributed by atoms with Crippen LogP contribution in [0.3, 0.4) is 0 Å². The van der Waals surface area contributed by atoms with Gasteiger partial charge in [-0.05, 0) is 56.7 Å². The first-order valence-corrected chi connectivity index (χ1v) is 14.9. The van der Waals surface area contributed by atoms with Crippen LogP contribution < -0.4 is 10.2 Å². The molecule has 2 aliphatic heterocycles. The standard InChI is InChI=1S/C30H28F4N4O3S/c1-40-28(39)16-10-23(31)26-24(11-16)42-29(36-26)38-18-8-9-19(38)13-17(12-18)35-14-21-25(37-41-27(21)15-6-7-15)20-4-2-3-5-22(20)30(32,33)34/h2-5,10-11,15,17-19,35H,6-9,12-14H2,1H3. The highest BCUT2D eigenvalue weighted by Gasteiger charge is 2.43. The van der Waals surface area contributed by atoms with Gasteiger partial charge in [-0.15, -0.1) is 0 Å². The summed E-state index contributed by atoms with van der Waals surface area (Å²) in [5.74, 6) is -0.279. The second kappa shape index (κ2) is 10.3. The lowest BCUT2D eigenvalue weighted by molar-refractivity contribution is -0.137. The molecule has 0 spiro atoms. The van der Waals surface area contributed by atoms with Crippen LogP contribution in [0.5, 0.6) is 0 Å². The van der Waals surface area contributed by atoms with Crippen LogP contribution >= 0.6 is 11.3 Å². The fourth-order valence-electron chi connectivity index (χ4n) is 6.53. The van der Waals surface area contributed by atoms with Crippen LogP contribution in [0.15, 0.2) is 40.9 Å². The van der Waals surface area contributed by atoms with Crippen molar-refractivity contribution in [2.45, 2.75) is 75.3 Å². The Labute approximate surface area is 242 Å². The lowest BCUT2D eigenvalue weighted by atomic mass is 9.96.